The number of benzene rings is 1. The summed E-state index contributed by atoms with van der Waals surface area (Å²) in [6.07, 6.45) is 7.66. The minimum atomic E-state index is -0.191. The minimum Gasteiger partial charge on any atom is -0.497 e. The van der Waals surface area contributed by atoms with Crippen molar-refractivity contribution in [2.75, 3.05) is 20.2 Å². The van der Waals surface area contributed by atoms with Gasteiger partial charge in [-0.25, -0.2) is 0 Å². The lowest BCUT2D eigenvalue weighted by atomic mass is 9.57. The highest BCUT2D eigenvalue weighted by Crippen LogP contribution is 2.63. The summed E-state index contributed by atoms with van der Waals surface area (Å²) in [5.74, 6) is 1.14. The number of carbonyl (C=O) groups excluding carboxylic acids is 1. The Balaban J connectivity index is 0.000000645. The zero-order valence-electron chi connectivity index (χ0n) is 19.9. The summed E-state index contributed by atoms with van der Waals surface area (Å²) < 4.78 is 11.4. The molecule has 4 aliphatic rings. The van der Waals surface area contributed by atoms with E-state index in [1.807, 2.05) is 27.7 Å². The van der Waals surface area contributed by atoms with Crippen LogP contribution in [0.5, 0.6) is 5.75 Å². The normalized spacial score (nSPS) is 34.8. The number of esters is 1. The summed E-state index contributed by atoms with van der Waals surface area (Å²) in [6.45, 7) is 15.8. The van der Waals surface area contributed by atoms with Gasteiger partial charge in [-0.2, -0.15) is 0 Å². The Morgan fingerprint density at radius 3 is 2.68 bits per heavy atom. The first-order valence-electron chi connectivity index (χ1n) is 11.8. The predicted molar refractivity (Wildman–Crippen MR) is 131 cm³/mol. The van der Waals surface area contributed by atoms with Crippen LogP contribution in [0.4, 0.5) is 0 Å². The third-order valence-electron chi connectivity index (χ3n) is 7.11. The molecule has 4 nitrogen and oxygen atoms in total. The van der Waals surface area contributed by atoms with Gasteiger partial charge in [-0.1, -0.05) is 60.6 Å². The van der Waals surface area contributed by atoms with E-state index in [4.69, 9.17) is 9.47 Å². The lowest BCUT2D eigenvalue weighted by Gasteiger charge is -2.54. The zero-order valence-corrected chi connectivity index (χ0v) is 20.9. The van der Waals surface area contributed by atoms with E-state index in [9.17, 15) is 4.79 Å². The highest BCUT2D eigenvalue weighted by atomic mass is 31.1. The van der Waals surface area contributed by atoms with Crippen LogP contribution in [-0.2, 0) is 14.9 Å². The lowest BCUT2D eigenvalue weighted by Crippen LogP contribution is -2.63. The van der Waals surface area contributed by atoms with Gasteiger partial charge in [-0.15, -0.1) is 6.58 Å². The zero-order chi connectivity index (χ0) is 22.8. The molecule has 1 aromatic carbocycles. The van der Waals surface area contributed by atoms with Crippen molar-refractivity contribution in [3.63, 3.8) is 0 Å². The van der Waals surface area contributed by atoms with E-state index in [2.05, 4.69) is 47.9 Å². The van der Waals surface area contributed by atoms with Crippen LogP contribution in [0.2, 0.25) is 0 Å². The summed E-state index contributed by atoms with van der Waals surface area (Å²) in [5, 5.41) is 1.42. The number of carbonyl (C=O) groups is 1. The molecule has 1 saturated heterocycles. The number of nitrogens with zero attached hydrogens (tertiary/aromatic N) is 1. The molecule has 31 heavy (non-hydrogen) atoms. The average Bonchev–Trinajstić information content (AvgIpc) is 3.36. The second-order valence-corrected chi connectivity index (χ2v) is 9.61. The summed E-state index contributed by atoms with van der Waals surface area (Å²) in [4.78, 5) is 14.5. The Bertz CT molecular complexity index is 838. The van der Waals surface area contributed by atoms with Crippen molar-refractivity contribution in [2.45, 2.75) is 64.3 Å². The quantitative estimate of drug-likeness (QED) is 0.386. The number of fused-ring (bicyclic) bond motifs is 1. The van der Waals surface area contributed by atoms with Gasteiger partial charge in [-0.3, -0.25) is 9.69 Å². The van der Waals surface area contributed by atoms with Crippen molar-refractivity contribution < 1.29 is 14.3 Å². The van der Waals surface area contributed by atoms with Crippen LogP contribution in [0.15, 0.2) is 43.0 Å². The van der Waals surface area contributed by atoms with Crippen molar-refractivity contribution in [3.8, 4) is 5.75 Å². The molecule has 0 N–H and O–H groups in total. The number of hydrogen-bond donors (Lipinski definition) is 0. The predicted octanol–water partition coefficient (Wildman–Crippen LogP) is 4.68. The van der Waals surface area contributed by atoms with Crippen molar-refractivity contribution >= 4 is 19.9 Å². The van der Waals surface area contributed by atoms with Gasteiger partial charge >= 0.3 is 5.97 Å². The Morgan fingerprint density at radius 1 is 1.29 bits per heavy atom. The third kappa shape index (κ3) is 3.66. The van der Waals surface area contributed by atoms with E-state index < -0.39 is 0 Å². The Hall–Kier alpha value is -1.64. The van der Waals surface area contributed by atoms with Crippen molar-refractivity contribution in [1.29, 1.82) is 0 Å². The standard InChI is InChI=1S/C22H26NO3P.2C2H6/c1-4-15-19(26-13(2)24)16-6-5-10-23-11-9-22(20(16)23)17-8-7-14(25-3)12-18(17)27-21(15)22;2*1-2/h4-8,12,15-16,19-21,27H,1,9-11H2,2-3H3;2*1-2H3. The van der Waals surface area contributed by atoms with Gasteiger partial charge in [0.2, 0.25) is 0 Å². The second-order valence-electron chi connectivity index (χ2n) is 8.16. The van der Waals surface area contributed by atoms with E-state index in [1.54, 1.807) is 7.11 Å². The largest absolute Gasteiger partial charge is 0.497 e. The Morgan fingerprint density at radius 2 is 2.03 bits per heavy atom. The van der Waals surface area contributed by atoms with Crippen LogP contribution in [0.25, 0.3) is 0 Å². The van der Waals surface area contributed by atoms with Crippen LogP contribution in [0.3, 0.4) is 0 Å². The Labute approximate surface area is 189 Å². The molecule has 7 unspecified atom stereocenters. The third-order valence-corrected chi connectivity index (χ3v) is 9.04. The number of hydrogen-bond acceptors (Lipinski definition) is 4. The van der Waals surface area contributed by atoms with Crippen LogP contribution >= 0.6 is 8.58 Å². The molecule has 1 saturated carbocycles. The monoisotopic (exact) mass is 443 g/mol. The van der Waals surface area contributed by atoms with Crippen LogP contribution in [-0.4, -0.2) is 48.9 Å². The van der Waals surface area contributed by atoms with Gasteiger partial charge in [0.15, 0.2) is 0 Å². The molecule has 1 aliphatic carbocycles. The maximum atomic E-state index is 11.9. The molecule has 0 aromatic heterocycles. The topological polar surface area (TPSA) is 38.8 Å². The molecule has 170 valence electrons. The van der Waals surface area contributed by atoms with Gasteiger partial charge < -0.3 is 9.47 Å². The lowest BCUT2D eigenvalue weighted by molar-refractivity contribution is -0.155. The molecular formula is C26H38NO3P. The summed E-state index contributed by atoms with van der Waals surface area (Å²) in [6, 6.07) is 7.03. The first-order chi connectivity index (χ1) is 15.1. The van der Waals surface area contributed by atoms with Gasteiger partial charge in [0.1, 0.15) is 11.9 Å². The first kappa shape index (κ1) is 24.0. The average molecular weight is 444 g/mol. The fourth-order valence-corrected chi connectivity index (χ4v) is 8.54. The Kier molecular flexibility index (Phi) is 7.65. The smallest absolute Gasteiger partial charge is 0.302 e. The molecule has 7 atom stereocenters. The minimum absolute atomic E-state index is 0.121. The maximum absolute atomic E-state index is 11.9. The SMILES string of the molecule is C=CC1C(OC(C)=O)C2C=CCN3CCC4(c5ccc(OC)cc5PC14)C23.CC.CC. The number of rotatable bonds is 3. The molecule has 5 heteroatoms. The fraction of sp³-hybridized carbons (Fsp3) is 0.577. The molecule has 1 spiro atoms. The van der Waals surface area contributed by atoms with Crippen LogP contribution < -0.4 is 10.0 Å². The van der Waals surface area contributed by atoms with E-state index >= 15 is 0 Å². The summed E-state index contributed by atoms with van der Waals surface area (Å²) in [7, 11) is 2.42. The first-order valence-corrected chi connectivity index (χ1v) is 12.8. The second kappa shape index (κ2) is 9.88. The molecule has 0 amide bonds. The maximum Gasteiger partial charge on any atom is 0.302 e. The van der Waals surface area contributed by atoms with E-state index in [1.165, 1.54) is 24.2 Å². The molecule has 2 fully saturated rings. The fourth-order valence-electron chi connectivity index (χ4n) is 6.26. The van der Waals surface area contributed by atoms with E-state index in [-0.39, 0.29) is 29.3 Å². The molecule has 5 rings (SSSR count). The van der Waals surface area contributed by atoms with Crippen molar-refractivity contribution in [2.24, 2.45) is 11.8 Å². The van der Waals surface area contributed by atoms with Gasteiger partial charge in [-0.05, 0) is 36.0 Å². The highest BCUT2D eigenvalue weighted by Gasteiger charge is 2.66. The molecule has 3 aliphatic heterocycles. The van der Waals surface area contributed by atoms with Crippen LogP contribution in [0, 0.1) is 11.8 Å². The summed E-state index contributed by atoms with van der Waals surface area (Å²) >= 11 is 0. The van der Waals surface area contributed by atoms with E-state index in [0.717, 1.165) is 18.8 Å². The van der Waals surface area contributed by atoms with Gasteiger partial charge in [0.05, 0.1) is 7.11 Å². The van der Waals surface area contributed by atoms with Crippen molar-refractivity contribution in [3.05, 3.63) is 48.6 Å². The molecule has 0 bridgehead atoms. The highest BCUT2D eigenvalue weighted by molar-refractivity contribution is 7.49. The molecular weight excluding hydrogens is 405 g/mol. The molecule has 0 radical (unpaired) electrons. The van der Waals surface area contributed by atoms with Crippen LogP contribution in [0.1, 0.15) is 46.6 Å². The van der Waals surface area contributed by atoms with Gasteiger partial charge in [0, 0.05) is 42.4 Å². The number of methoxy groups -OCH3 is 1. The summed E-state index contributed by atoms with van der Waals surface area (Å²) in [5.41, 5.74) is 2.07. The van der Waals surface area contributed by atoms with Gasteiger partial charge in [0.25, 0.3) is 0 Å². The number of ether oxygens (including phenoxy) is 2. The van der Waals surface area contributed by atoms with Crippen molar-refractivity contribution in [1.82, 2.24) is 4.90 Å². The molecule has 3 heterocycles. The van der Waals surface area contributed by atoms with E-state index in [0.29, 0.717) is 20.3 Å². The molecule has 1 aromatic rings.